The van der Waals surface area contributed by atoms with E-state index in [1.165, 1.54) is 0 Å². The number of β-amino-alcohol motifs (C(OH)–C–C–N with tert-alkyl or cyclic N) is 1. The molecule has 8 nitrogen and oxygen atoms in total. The maximum atomic E-state index is 10.8. The molecule has 2 aromatic carbocycles. The summed E-state index contributed by atoms with van der Waals surface area (Å²) in [7, 11) is 0. The number of carbonyl (C=O) groups excluding carboxylic acids is 1. The molecule has 1 amide bonds. The molecular formula is C25H31N5O3. The molecule has 1 aliphatic heterocycles. The molecule has 0 unspecified atom stereocenters. The van der Waals surface area contributed by atoms with Gasteiger partial charge in [0.05, 0.1) is 18.3 Å². The van der Waals surface area contributed by atoms with Crippen molar-refractivity contribution in [3.63, 3.8) is 0 Å². The Labute approximate surface area is 194 Å². The lowest BCUT2D eigenvalue weighted by Gasteiger charge is -2.12. The van der Waals surface area contributed by atoms with Gasteiger partial charge in [0, 0.05) is 30.6 Å². The Hall–Kier alpha value is -3.70. The number of carbonyl (C=O) groups is 1. The Morgan fingerprint density at radius 3 is 2.64 bits per heavy atom. The quantitative estimate of drug-likeness (QED) is 0.460. The number of rotatable bonds is 6. The van der Waals surface area contributed by atoms with Gasteiger partial charge in [-0.05, 0) is 51.0 Å². The van der Waals surface area contributed by atoms with E-state index in [1.807, 2.05) is 45.0 Å². The second-order valence-electron chi connectivity index (χ2n) is 7.86. The van der Waals surface area contributed by atoms with Crippen LogP contribution in [0.1, 0.15) is 48.9 Å². The minimum Gasteiger partial charge on any atom is -0.490 e. The van der Waals surface area contributed by atoms with Crippen LogP contribution in [-0.2, 0) is 4.79 Å². The highest BCUT2D eigenvalue weighted by Crippen LogP contribution is 2.21. The third-order valence-electron chi connectivity index (χ3n) is 4.93. The van der Waals surface area contributed by atoms with Crippen LogP contribution in [0.15, 0.2) is 47.5 Å². The highest BCUT2D eigenvalue weighted by molar-refractivity contribution is 6.10. The van der Waals surface area contributed by atoms with Gasteiger partial charge in [-0.2, -0.15) is 5.26 Å². The van der Waals surface area contributed by atoms with Crippen molar-refractivity contribution in [3.05, 3.63) is 64.7 Å². The monoisotopic (exact) mass is 449 g/mol. The number of nitrogens with one attached hydrogen (secondary N) is 1. The molecule has 0 bridgehead atoms. The molecule has 0 spiro atoms. The number of hydrogen-bond donors (Lipinski definition) is 3. The van der Waals surface area contributed by atoms with Crippen LogP contribution in [0, 0.1) is 23.7 Å². The van der Waals surface area contributed by atoms with Gasteiger partial charge in [-0.25, -0.2) is 4.99 Å². The Bertz CT molecular complexity index is 1060. The van der Waals surface area contributed by atoms with E-state index < -0.39 is 0 Å². The summed E-state index contributed by atoms with van der Waals surface area (Å²) < 4.78 is 5.58. The number of benzene rings is 2. The van der Waals surface area contributed by atoms with E-state index >= 15 is 0 Å². The molecule has 0 aromatic heterocycles. The van der Waals surface area contributed by atoms with E-state index in [0.29, 0.717) is 29.8 Å². The maximum Gasteiger partial charge on any atom is 0.222 e. The number of aryl methyl sites for hydroxylation is 1. The van der Waals surface area contributed by atoms with Crippen molar-refractivity contribution in [2.75, 3.05) is 19.7 Å². The summed E-state index contributed by atoms with van der Waals surface area (Å²) in [5, 5.41) is 25.9. The summed E-state index contributed by atoms with van der Waals surface area (Å²) in [6.45, 7) is 7.16. The van der Waals surface area contributed by atoms with E-state index in [2.05, 4.69) is 11.1 Å². The number of aliphatic imine (C=N–C) groups is 1. The van der Waals surface area contributed by atoms with Gasteiger partial charge in [0.1, 0.15) is 17.7 Å². The van der Waals surface area contributed by atoms with Crippen molar-refractivity contribution in [2.45, 2.75) is 39.7 Å². The number of nitrogens with two attached hydrogens (primary N) is 1. The van der Waals surface area contributed by atoms with Crippen LogP contribution in [0.3, 0.4) is 0 Å². The first-order valence-corrected chi connectivity index (χ1v) is 10.8. The zero-order valence-corrected chi connectivity index (χ0v) is 19.3. The van der Waals surface area contributed by atoms with E-state index in [0.717, 1.165) is 24.1 Å². The molecule has 1 saturated heterocycles. The number of ether oxygens (including phenoxy) is 1. The zero-order valence-electron chi connectivity index (χ0n) is 19.3. The average molecular weight is 450 g/mol. The molecule has 4 N–H and O–H groups in total. The van der Waals surface area contributed by atoms with E-state index in [-0.39, 0.29) is 30.3 Å². The minimum absolute atomic E-state index is 0.00310. The molecule has 0 saturated carbocycles. The number of hydrogen-bond acceptors (Lipinski definition) is 5. The molecule has 33 heavy (non-hydrogen) atoms. The highest BCUT2D eigenvalue weighted by atomic mass is 16.5. The molecule has 2 aromatic rings. The van der Waals surface area contributed by atoms with Gasteiger partial charge in [-0.15, -0.1) is 0 Å². The van der Waals surface area contributed by atoms with Crippen LogP contribution in [0.2, 0.25) is 0 Å². The van der Waals surface area contributed by atoms with Gasteiger partial charge in [0.25, 0.3) is 0 Å². The maximum absolute atomic E-state index is 10.8. The Morgan fingerprint density at radius 1 is 1.33 bits per heavy atom. The SMILES string of the molecule is Cc1ccccc1C(N)=NC(=N)c1ccc(OC(C)C)c(C#N)c1.O=C1CCCN1CCO. The molecule has 1 aliphatic rings. The summed E-state index contributed by atoms with van der Waals surface area (Å²) in [5.74, 6) is 0.964. The van der Waals surface area contributed by atoms with Crippen molar-refractivity contribution in [2.24, 2.45) is 10.7 Å². The summed E-state index contributed by atoms with van der Waals surface area (Å²) in [6, 6.07) is 14.7. The van der Waals surface area contributed by atoms with Crippen molar-refractivity contribution in [1.29, 1.82) is 10.7 Å². The number of aliphatic hydroxyl groups is 1. The Morgan fingerprint density at radius 2 is 2.06 bits per heavy atom. The van der Waals surface area contributed by atoms with Gasteiger partial charge in [0.2, 0.25) is 5.91 Å². The molecule has 0 aliphatic carbocycles. The third-order valence-corrected chi connectivity index (χ3v) is 4.93. The summed E-state index contributed by atoms with van der Waals surface area (Å²) in [5.41, 5.74) is 8.69. The first-order valence-electron chi connectivity index (χ1n) is 10.8. The first-order chi connectivity index (χ1) is 15.8. The number of nitrogens with zero attached hydrogens (tertiary/aromatic N) is 3. The number of amides is 1. The third kappa shape index (κ3) is 7.44. The van der Waals surface area contributed by atoms with Crippen LogP contribution >= 0.6 is 0 Å². The standard InChI is InChI=1S/C19H20N4O.C6H11NO2/c1-12(2)24-17-9-8-14(10-15(17)11-20)18(21)23-19(22)16-7-5-4-6-13(16)3;8-5-4-7-3-1-2-6(7)9/h4-10,12H,1-3H3,(H3,21,22,23);8H,1-5H2. The van der Waals surface area contributed by atoms with Crippen LogP contribution < -0.4 is 10.5 Å². The molecule has 0 atom stereocenters. The molecular weight excluding hydrogens is 418 g/mol. The lowest BCUT2D eigenvalue weighted by Crippen LogP contribution is -2.27. The largest absolute Gasteiger partial charge is 0.490 e. The van der Waals surface area contributed by atoms with Gasteiger partial charge < -0.3 is 20.5 Å². The number of likely N-dealkylation sites (tertiary alicyclic amines) is 1. The molecule has 1 heterocycles. The fraction of sp³-hybridized carbons (Fsp3) is 0.360. The predicted molar refractivity (Wildman–Crippen MR) is 129 cm³/mol. The van der Waals surface area contributed by atoms with Crippen LogP contribution in [0.5, 0.6) is 5.75 Å². The normalized spacial score (nSPS) is 13.4. The lowest BCUT2D eigenvalue weighted by molar-refractivity contribution is -0.128. The summed E-state index contributed by atoms with van der Waals surface area (Å²) >= 11 is 0. The van der Waals surface area contributed by atoms with E-state index in [4.69, 9.17) is 21.0 Å². The fourth-order valence-corrected chi connectivity index (χ4v) is 3.29. The average Bonchev–Trinajstić information content (AvgIpc) is 3.19. The van der Waals surface area contributed by atoms with Crippen molar-refractivity contribution in [1.82, 2.24) is 4.90 Å². The lowest BCUT2D eigenvalue weighted by atomic mass is 10.1. The van der Waals surface area contributed by atoms with E-state index in [9.17, 15) is 10.1 Å². The molecule has 3 rings (SSSR count). The van der Waals surface area contributed by atoms with Crippen molar-refractivity contribution >= 4 is 17.6 Å². The molecule has 174 valence electrons. The minimum atomic E-state index is -0.0304. The molecule has 0 radical (unpaired) electrons. The second-order valence-corrected chi connectivity index (χ2v) is 7.86. The smallest absolute Gasteiger partial charge is 0.222 e. The molecule has 1 fully saturated rings. The topological polar surface area (TPSA) is 136 Å². The summed E-state index contributed by atoms with van der Waals surface area (Å²) in [4.78, 5) is 16.6. The van der Waals surface area contributed by atoms with Crippen molar-refractivity contribution < 1.29 is 14.6 Å². The fourth-order valence-electron chi connectivity index (χ4n) is 3.29. The van der Waals surface area contributed by atoms with E-state index in [1.54, 1.807) is 23.1 Å². The zero-order chi connectivity index (χ0) is 24.4. The highest BCUT2D eigenvalue weighted by Gasteiger charge is 2.18. The van der Waals surface area contributed by atoms with Crippen molar-refractivity contribution in [3.8, 4) is 11.8 Å². The number of nitriles is 1. The Kier molecular flexibility index (Phi) is 9.58. The van der Waals surface area contributed by atoms with Crippen LogP contribution in [0.25, 0.3) is 0 Å². The second kappa shape index (κ2) is 12.4. The Balaban J connectivity index is 0.000000357. The van der Waals surface area contributed by atoms with Crippen LogP contribution in [0.4, 0.5) is 0 Å². The van der Waals surface area contributed by atoms with Gasteiger partial charge in [-0.1, -0.05) is 24.3 Å². The summed E-state index contributed by atoms with van der Waals surface area (Å²) in [6.07, 6.45) is 1.59. The molecule has 8 heteroatoms. The first kappa shape index (κ1) is 25.6. The van der Waals surface area contributed by atoms with Crippen LogP contribution in [-0.4, -0.2) is 53.4 Å². The predicted octanol–water partition coefficient (Wildman–Crippen LogP) is 2.99. The van der Waals surface area contributed by atoms with Gasteiger partial charge >= 0.3 is 0 Å². The van der Waals surface area contributed by atoms with Gasteiger partial charge in [-0.3, -0.25) is 10.2 Å². The number of amidine groups is 2. The number of aliphatic hydroxyl groups excluding tert-OH is 1. The van der Waals surface area contributed by atoms with Gasteiger partial charge in [0.15, 0.2) is 5.84 Å².